The summed E-state index contributed by atoms with van der Waals surface area (Å²) < 4.78 is 0. The van der Waals surface area contributed by atoms with Crippen LogP contribution in [0.1, 0.15) is 99.8 Å². The van der Waals surface area contributed by atoms with Crippen molar-refractivity contribution in [3.05, 3.63) is 0 Å². The van der Waals surface area contributed by atoms with Crippen molar-refractivity contribution in [3.8, 4) is 0 Å². The molecule has 0 N–H and O–H groups in total. The molecule has 0 amide bonds. The molecule has 0 heterocycles. The molecule has 23 heavy (non-hydrogen) atoms. The van der Waals surface area contributed by atoms with Gasteiger partial charge in [0, 0.05) is 12.8 Å². The van der Waals surface area contributed by atoms with Crippen LogP contribution in [0, 0.1) is 5.92 Å². The molecule has 0 atom stereocenters. The summed E-state index contributed by atoms with van der Waals surface area (Å²) in [5.74, 6) is -0.0771. The molecule has 4 heteroatoms. The van der Waals surface area contributed by atoms with Crippen LogP contribution in [-0.2, 0) is 19.6 Å². The summed E-state index contributed by atoms with van der Waals surface area (Å²) >= 11 is 0. The maximum Gasteiger partial charge on any atom is 0.234 e. The van der Waals surface area contributed by atoms with Crippen LogP contribution in [0.5, 0.6) is 0 Å². The van der Waals surface area contributed by atoms with E-state index in [0.717, 1.165) is 51.4 Å². The lowest BCUT2D eigenvalue weighted by Crippen LogP contribution is -2.45. The maximum atomic E-state index is 5.90. The topological polar surface area (TPSA) is 36.9 Å². The highest BCUT2D eigenvalue weighted by Crippen LogP contribution is 2.39. The molecule has 1 saturated carbocycles. The summed E-state index contributed by atoms with van der Waals surface area (Å²) in [5.41, 5.74) is -0.559. The summed E-state index contributed by atoms with van der Waals surface area (Å²) in [6.45, 7) is 14.9. The molecule has 1 aliphatic rings. The van der Waals surface area contributed by atoms with Crippen molar-refractivity contribution in [2.75, 3.05) is 0 Å². The smallest absolute Gasteiger partial charge is 0.227 e. The van der Waals surface area contributed by atoms with E-state index in [1.165, 1.54) is 0 Å². The average molecular weight is 331 g/mol. The molecule has 0 unspecified atom stereocenters. The molecule has 1 fully saturated rings. The summed E-state index contributed by atoms with van der Waals surface area (Å²) in [4.78, 5) is 23.5. The van der Waals surface area contributed by atoms with Crippen molar-refractivity contribution in [3.63, 3.8) is 0 Å². The second-order valence-electron chi connectivity index (χ2n) is 7.74. The Morgan fingerprint density at radius 3 is 1.43 bits per heavy atom. The van der Waals surface area contributed by atoms with Crippen molar-refractivity contribution in [1.29, 1.82) is 0 Å². The number of rotatable bonds is 10. The summed E-state index contributed by atoms with van der Waals surface area (Å²) in [5, 5.41) is 0. The van der Waals surface area contributed by atoms with Crippen molar-refractivity contribution in [1.82, 2.24) is 0 Å². The van der Waals surface area contributed by atoms with E-state index in [0.29, 0.717) is 5.92 Å². The van der Waals surface area contributed by atoms with Gasteiger partial charge in [0.1, 0.15) is 11.2 Å². The highest BCUT2D eigenvalue weighted by atomic mass is 17.3. The Morgan fingerprint density at radius 2 is 1.13 bits per heavy atom. The number of hydrogen-bond acceptors (Lipinski definition) is 4. The first kappa shape index (κ1) is 20.9. The standard InChI is InChI=1S/C19H38O4/c1-8-17(6,9-2)20-22-19(14-12-16(5)13-15-19)23-21-18(7,10-3)11-4/h16H,8-15H2,1-7H3. The highest BCUT2D eigenvalue weighted by Gasteiger charge is 2.42. The Bertz CT molecular complexity index is 302. The molecular weight excluding hydrogens is 292 g/mol. The minimum atomic E-state index is -0.774. The van der Waals surface area contributed by atoms with Crippen LogP contribution in [0.25, 0.3) is 0 Å². The predicted octanol–water partition coefficient (Wildman–Crippen LogP) is 5.95. The van der Waals surface area contributed by atoms with Crippen molar-refractivity contribution in [2.24, 2.45) is 5.92 Å². The molecule has 0 saturated heterocycles. The molecule has 0 radical (unpaired) electrons. The third kappa shape index (κ3) is 6.00. The van der Waals surface area contributed by atoms with Gasteiger partial charge in [-0.2, -0.15) is 9.78 Å². The van der Waals surface area contributed by atoms with Gasteiger partial charge in [0.2, 0.25) is 5.79 Å². The van der Waals surface area contributed by atoms with Crippen LogP contribution in [0.2, 0.25) is 0 Å². The van der Waals surface area contributed by atoms with Crippen molar-refractivity contribution in [2.45, 2.75) is 117 Å². The van der Waals surface area contributed by atoms with Gasteiger partial charge in [-0.1, -0.05) is 34.6 Å². The molecule has 1 rings (SSSR count). The van der Waals surface area contributed by atoms with E-state index < -0.39 is 5.79 Å². The Kier molecular flexibility index (Phi) is 7.99. The van der Waals surface area contributed by atoms with Gasteiger partial charge in [-0.05, 0) is 58.3 Å². The summed E-state index contributed by atoms with van der Waals surface area (Å²) in [6.07, 6.45) is 7.35. The fourth-order valence-electron chi connectivity index (χ4n) is 2.47. The van der Waals surface area contributed by atoms with Crippen LogP contribution in [0.15, 0.2) is 0 Å². The van der Waals surface area contributed by atoms with Gasteiger partial charge in [-0.15, -0.1) is 0 Å². The van der Waals surface area contributed by atoms with Crippen LogP contribution < -0.4 is 0 Å². The van der Waals surface area contributed by atoms with E-state index in [-0.39, 0.29) is 11.2 Å². The van der Waals surface area contributed by atoms with Gasteiger partial charge >= 0.3 is 0 Å². The van der Waals surface area contributed by atoms with E-state index in [9.17, 15) is 0 Å². The zero-order valence-corrected chi connectivity index (χ0v) is 16.4. The lowest BCUT2D eigenvalue weighted by molar-refractivity contribution is -0.551. The van der Waals surface area contributed by atoms with E-state index in [1.807, 2.05) is 0 Å². The lowest BCUT2D eigenvalue weighted by atomic mass is 9.86. The Balaban J connectivity index is 2.74. The van der Waals surface area contributed by atoms with E-state index in [2.05, 4.69) is 48.5 Å². The normalized spacial score (nSPS) is 20.0. The van der Waals surface area contributed by atoms with Gasteiger partial charge in [0.25, 0.3) is 0 Å². The SMILES string of the molecule is CCC(C)(CC)OOC1(OOC(C)(CC)CC)CCC(C)CC1. The van der Waals surface area contributed by atoms with E-state index in [4.69, 9.17) is 19.6 Å². The predicted molar refractivity (Wildman–Crippen MR) is 92.7 cm³/mol. The molecular formula is C19H38O4. The Hall–Kier alpha value is -0.160. The minimum absolute atomic E-state index is 0.280. The third-order valence-electron chi connectivity index (χ3n) is 5.82. The molecule has 4 nitrogen and oxygen atoms in total. The third-order valence-corrected chi connectivity index (χ3v) is 5.82. The Labute approximate surface area is 143 Å². The molecule has 0 aromatic rings. The van der Waals surface area contributed by atoms with Gasteiger partial charge < -0.3 is 0 Å². The fraction of sp³-hybridized carbons (Fsp3) is 1.00. The second-order valence-corrected chi connectivity index (χ2v) is 7.74. The molecule has 0 bridgehead atoms. The minimum Gasteiger partial charge on any atom is -0.227 e. The van der Waals surface area contributed by atoms with Crippen LogP contribution in [0.4, 0.5) is 0 Å². The first-order chi connectivity index (χ1) is 10.8. The van der Waals surface area contributed by atoms with Gasteiger partial charge in [-0.25, -0.2) is 9.78 Å². The van der Waals surface area contributed by atoms with Gasteiger partial charge in [0.05, 0.1) is 0 Å². The van der Waals surface area contributed by atoms with Crippen molar-refractivity contribution < 1.29 is 19.6 Å². The molecule has 0 aromatic carbocycles. The largest absolute Gasteiger partial charge is 0.234 e. The zero-order chi connectivity index (χ0) is 17.6. The van der Waals surface area contributed by atoms with Crippen molar-refractivity contribution >= 4 is 0 Å². The summed E-state index contributed by atoms with van der Waals surface area (Å²) in [6, 6.07) is 0. The van der Waals surface area contributed by atoms with E-state index >= 15 is 0 Å². The molecule has 138 valence electrons. The zero-order valence-electron chi connectivity index (χ0n) is 16.4. The fourth-order valence-corrected chi connectivity index (χ4v) is 2.47. The van der Waals surface area contributed by atoms with E-state index in [1.54, 1.807) is 0 Å². The monoisotopic (exact) mass is 330 g/mol. The summed E-state index contributed by atoms with van der Waals surface area (Å²) in [7, 11) is 0. The molecule has 0 spiro atoms. The molecule has 0 aliphatic heterocycles. The highest BCUT2D eigenvalue weighted by molar-refractivity contribution is 4.78. The Morgan fingerprint density at radius 1 is 0.783 bits per heavy atom. The van der Waals surface area contributed by atoms with Crippen LogP contribution in [0.3, 0.4) is 0 Å². The first-order valence-corrected chi connectivity index (χ1v) is 9.49. The lowest BCUT2D eigenvalue weighted by Gasteiger charge is -2.40. The molecule has 0 aromatic heterocycles. The van der Waals surface area contributed by atoms with Gasteiger partial charge in [0.15, 0.2) is 0 Å². The first-order valence-electron chi connectivity index (χ1n) is 9.49. The number of hydrogen-bond donors (Lipinski definition) is 0. The molecule has 1 aliphatic carbocycles. The average Bonchev–Trinajstić information content (AvgIpc) is 2.60. The van der Waals surface area contributed by atoms with Crippen LogP contribution >= 0.6 is 0 Å². The second kappa shape index (κ2) is 8.80. The maximum absolute atomic E-state index is 5.90. The van der Waals surface area contributed by atoms with Gasteiger partial charge in [-0.3, -0.25) is 0 Å². The quantitative estimate of drug-likeness (QED) is 0.282. The van der Waals surface area contributed by atoms with Crippen LogP contribution in [-0.4, -0.2) is 17.0 Å².